The number of anilines is 1. The molecule has 0 bridgehead atoms. The van der Waals surface area contributed by atoms with Gasteiger partial charge in [0.05, 0.1) is 11.3 Å². The van der Waals surface area contributed by atoms with Crippen molar-refractivity contribution in [2.75, 3.05) is 11.9 Å². The molecule has 0 fully saturated rings. The predicted molar refractivity (Wildman–Crippen MR) is 113 cm³/mol. The minimum absolute atomic E-state index is 0.202. The van der Waals surface area contributed by atoms with Gasteiger partial charge in [0.25, 0.3) is 11.8 Å². The fourth-order valence-electron chi connectivity index (χ4n) is 2.79. The summed E-state index contributed by atoms with van der Waals surface area (Å²) in [5.74, 6) is -0.418. The minimum Gasteiger partial charge on any atom is -0.348 e. The Kier molecular flexibility index (Phi) is 6.37. The van der Waals surface area contributed by atoms with Crippen LogP contribution in [0.15, 0.2) is 91.0 Å². The maximum Gasteiger partial charge on any atom is 0.253 e. The first-order valence-electron chi connectivity index (χ1n) is 9.07. The lowest BCUT2D eigenvalue weighted by molar-refractivity contribution is -0.113. The van der Waals surface area contributed by atoms with Crippen LogP contribution in [0, 0.1) is 0 Å². The molecule has 0 aliphatic heterocycles. The van der Waals surface area contributed by atoms with Crippen molar-refractivity contribution < 1.29 is 9.59 Å². The van der Waals surface area contributed by atoms with Gasteiger partial charge in [-0.25, -0.2) is 0 Å². The van der Waals surface area contributed by atoms with Gasteiger partial charge in [-0.3, -0.25) is 9.59 Å². The summed E-state index contributed by atoms with van der Waals surface area (Å²) in [5.41, 5.74) is 2.99. The van der Waals surface area contributed by atoms with E-state index in [9.17, 15) is 9.59 Å². The van der Waals surface area contributed by atoms with Gasteiger partial charge in [0, 0.05) is 19.7 Å². The van der Waals surface area contributed by atoms with Gasteiger partial charge >= 0.3 is 0 Å². The quantitative estimate of drug-likeness (QED) is 0.658. The standard InChI is InChI=1S/C24H22N2O2/c1-26(23(27)17-16-19-10-4-2-5-11-19)22-15-9-8-14-21(22)24(28)25-18-20-12-6-3-7-13-20/h2-17H,18H2,1H3,(H,25,28). The van der Waals surface area contributed by atoms with Crippen molar-refractivity contribution in [1.29, 1.82) is 0 Å². The van der Waals surface area contributed by atoms with Gasteiger partial charge in [-0.2, -0.15) is 0 Å². The van der Waals surface area contributed by atoms with E-state index < -0.39 is 0 Å². The molecule has 0 aliphatic rings. The van der Waals surface area contributed by atoms with Crippen LogP contribution in [0.4, 0.5) is 5.69 Å². The van der Waals surface area contributed by atoms with E-state index in [4.69, 9.17) is 0 Å². The average Bonchev–Trinajstić information content (AvgIpc) is 2.76. The van der Waals surface area contributed by atoms with Crippen molar-refractivity contribution in [2.24, 2.45) is 0 Å². The molecule has 0 saturated heterocycles. The maximum atomic E-state index is 12.7. The zero-order chi connectivity index (χ0) is 19.8. The highest BCUT2D eigenvalue weighted by Gasteiger charge is 2.16. The van der Waals surface area contributed by atoms with Crippen LogP contribution in [0.2, 0.25) is 0 Å². The zero-order valence-electron chi connectivity index (χ0n) is 15.7. The van der Waals surface area contributed by atoms with Crippen molar-refractivity contribution >= 4 is 23.6 Å². The second-order valence-corrected chi connectivity index (χ2v) is 6.33. The van der Waals surface area contributed by atoms with Crippen molar-refractivity contribution in [1.82, 2.24) is 5.32 Å². The Morgan fingerprint density at radius 2 is 1.46 bits per heavy atom. The molecule has 1 N–H and O–H groups in total. The highest BCUT2D eigenvalue weighted by Crippen LogP contribution is 2.20. The Morgan fingerprint density at radius 1 is 0.857 bits per heavy atom. The van der Waals surface area contributed by atoms with E-state index in [2.05, 4.69) is 5.32 Å². The molecule has 0 aliphatic carbocycles. The van der Waals surface area contributed by atoms with E-state index in [1.807, 2.05) is 66.7 Å². The number of para-hydroxylation sites is 1. The second kappa shape index (κ2) is 9.33. The summed E-state index contributed by atoms with van der Waals surface area (Å²) in [4.78, 5) is 26.7. The highest BCUT2D eigenvalue weighted by atomic mass is 16.2. The third-order valence-corrected chi connectivity index (χ3v) is 4.35. The van der Waals surface area contributed by atoms with Gasteiger partial charge in [-0.05, 0) is 29.3 Å². The van der Waals surface area contributed by atoms with Gasteiger partial charge in [0.15, 0.2) is 0 Å². The highest BCUT2D eigenvalue weighted by molar-refractivity contribution is 6.08. The molecule has 4 heteroatoms. The third kappa shape index (κ3) is 4.95. The molecular weight excluding hydrogens is 348 g/mol. The molecule has 140 valence electrons. The molecule has 3 aromatic carbocycles. The molecule has 3 rings (SSSR count). The number of nitrogens with zero attached hydrogens (tertiary/aromatic N) is 1. The smallest absolute Gasteiger partial charge is 0.253 e. The number of carbonyl (C=O) groups is 2. The van der Waals surface area contributed by atoms with Gasteiger partial charge in [-0.1, -0.05) is 72.8 Å². The van der Waals surface area contributed by atoms with Gasteiger partial charge in [0.1, 0.15) is 0 Å². The second-order valence-electron chi connectivity index (χ2n) is 6.33. The normalized spacial score (nSPS) is 10.6. The van der Waals surface area contributed by atoms with E-state index in [1.165, 1.54) is 11.0 Å². The fourth-order valence-corrected chi connectivity index (χ4v) is 2.79. The Balaban J connectivity index is 1.72. The van der Waals surface area contributed by atoms with Crippen molar-refractivity contribution in [3.05, 3.63) is 108 Å². The van der Waals surface area contributed by atoms with Gasteiger partial charge < -0.3 is 10.2 Å². The van der Waals surface area contributed by atoms with Crippen LogP contribution in [-0.2, 0) is 11.3 Å². The summed E-state index contributed by atoms with van der Waals surface area (Å²) in [5, 5.41) is 2.91. The number of hydrogen-bond acceptors (Lipinski definition) is 2. The number of benzene rings is 3. The lowest BCUT2D eigenvalue weighted by Gasteiger charge is -2.19. The first-order chi connectivity index (χ1) is 13.6. The molecule has 28 heavy (non-hydrogen) atoms. The van der Waals surface area contributed by atoms with Crippen LogP contribution in [0.5, 0.6) is 0 Å². The van der Waals surface area contributed by atoms with Crippen LogP contribution >= 0.6 is 0 Å². The van der Waals surface area contributed by atoms with Gasteiger partial charge in [-0.15, -0.1) is 0 Å². The molecule has 3 aromatic rings. The average molecular weight is 370 g/mol. The van der Waals surface area contributed by atoms with E-state index in [0.717, 1.165) is 11.1 Å². The Bertz CT molecular complexity index is 966. The molecule has 0 aromatic heterocycles. The number of amides is 2. The molecule has 0 atom stereocenters. The van der Waals surface area contributed by atoms with Gasteiger partial charge in [0.2, 0.25) is 0 Å². The molecule has 0 saturated carbocycles. The largest absolute Gasteiger partial charge is 0.348 e. The monoisotopic (exact) mass is 370 g/mol. The SMILES string of the molecule is CN(C(=O)C=Cc1ccccc1)c1ccccc1C(=O)NCc1ccccc1. The van der Waals surface area contributed by atoms with Crippen molar-refractivity contribution in [3.63, 3.8) is 0 Å². The van der Waals surface area contributed by atoms with Crippen LogP contribution in [-0.4, -0.2) is 18.9 Å². The third-order valence-electron chi connectivity index (χ3n) is 4.35. The predicted octanol–water partition coefficient (Wildman–Crippen LogP) is 4.29. The number of carbonyl (C=O) groups excluding carboxylic acids is 2. The topological polar surface area (TPSA) is 49.4 Å². The van der Waals surface area contributed by atoms with Crippen molar-refractivity contribution in [3.8, 4) is 0 Å². The number of hydrogen-bond donors (Lipinski definition) is 1. The summed E-state index contributed by atoms with van der Waals surface area (Å²) in [6, 6.07) is 26.4. The van der Waals surface area contributed by atoms with Crippen LogP contribution in [0.3, 0.4) is 0 Å². The molecule has 0 unspecified atom stereocenters. The molecule has 2 amide bonds. The first kappa shape index (κ1) is 19.1. The molecule has 0 spiro atoms. The summed E-state index contributed by atoms with van der Waals surface area (Å²) in [6.07, 6.45) is 3.27. The lowest BCUT2D eigenvalue weighted by Crippen LogP contribution is -2.29. The van der Waals surface area contributed by atoms with Crippen LogP contribution in [0.25, 0.3) is 6.08 Å². The Labute approximate surface area is 165 Å². The fraction of sp³-hybridized carbons (Fsp3) is 0.0833. The Morgan fingerprint density at radius 3 is 2.18 bits per heavy atom. The first-order valence-corrected chi connectivity index (χ1v) is 9.07. The molecule has 0 radical (unpaired) electrons. The number of nitrogens with one attached hydrogen (secondary N) is 1. The number of likely N-dealkylation sites (N-methyl/N-ethyl adjacent to an activating group) is 1. The maximum absolute atomic E-state index is 12.7. The molecule has 0 heterocycles. The summed E-state index contributed by atoms with van der Waals surface area (Å²) in [7, 11) is 1.67. The molecular formula is C24H22N2O2. The van der Waals surface area contributed by atoms with E-state index in [0.29, 0.717) is 17.8 Å². The summed E-state index contributed by atoms with van der Waals surface area (Å²) >= 11 is 0. The summed E-state index contributed by atoms with van der Waals surface area (Å²) < 4.78 is 0. The minimum atomic E-state index is -0.217. The van der Waals surface area contributed by atoms with E-state index >= 15 is 0 Å². The number of rotatable bonds is 6. The zero-order valence-corrected chi connectivity index (χ0v) is 15.7. The molecule has 4 nitrogen and oxygen atoms in total. The van der Waals surface area contributed by atoms with Crippen molar-refractivity contribution in [2.45, 2.75) is 6.54 Å². The van der Waals surface area contributed by atoms with E-state index in [-0.39, 0.29) is 11.8 Å². The van der Waals surface area contributed by atoms with Crippen LogP contribution < -0.4 is 10.2 Å². The summed E-state index contributed by atoms with van der Waals surface area (Å²) in [6.45, 7) is 0.430. The Hall–Kier alpha value is -3.66. The lowest BCUT2D eigenvalue weighted by atomic mass is 10.1. The van der Waals surface area contributed by atoms with E-state index in [1.54, 1.807) is 31.3 Å². The van der Waals surface area contributed by atoms with Crippen LogP contribution in [0.1, 0.15) is 21.5 Å².